The van der Waals surface area contributed by atoms with Gasteiger partial charge in [0.15, 0.2) is 12.0 Å². The van der Waals surface area contributed by atoms with Crippen LogP contribution in [0.3, 0.4) is 0 Å². The van der Waals surface area contributed by atoms with E-state index < -0.39 is 5.72 Å². The normalized spacial score (nSPS) is 25.7. The molecule has 1 saturated heterocycles. The molecule has 0 amide bonds. The molecular formula is C26H34N4O3. The van der Waals surface area contributed by atoms with Gasteiger partial charge in [-0.1, -0.05) is 27.7 Å². The van der Waals surface area contributed by atoms with Crippen molar-refractivity contribution in [2.24, 2.45) is 21.7 Å². The molecule has 0 bridgehead atoms. The summed E-state index contributed by atoms with van der Waals surface area (Å²) in [4.78, 5) is 20.8. The molecule has 4 rings (SSSR count). The van der Waals surface area contributed by atoms with Gasteiger partial charge in [-0.2, -0.15) is 5.26 Å². The van der Waals surface area contributed by atoms with E-state index in [0.717, 1.165) is 38.6 Å². The number of aliphatic imine (C=N–C) groups is 1. The third-order valence-electron chi connectivity index (χ3n) is 7.54. The highest BCUT2D eigenvalue weighted by Crippen LogP contribution is 2.65. The standard InChI is InChI=1S/C26H34N4O3/c1-24(2)18-25(3,4)26(24,33-21-8-7-20(16-27)22(15-21)32-5)30-12-6-11-28-23(30)29-13-9-19(17-31)10-14-29/h6-8,11-12,15,17,19,23H,9-10,13-14,18H2,1-5H3. The monoisotopic (exact) mass is 450 g/mol. The molecule has 1 aliphatic carbocycles. The average Bonchev–Trinajstić information content (AvgIpc) is 2.81. The number of nitriles is 1. The second-order valence-electron chi connectivity index (χ2n) is 10.6. The first-order valence-corrected chi connectivity index (χ1v) is 11.6. The van der Waals surface area contributed by atoms with Gasteiger partial charge in [0, 0.05) is 48.3 Å². The zero-order valence-electron chi connectivity index (χ0n) is 20.2. The minimum atomic E-state index is -0.681. The molecule has 1 aromatic rings. The Labute approximate surface area is 196 Å². The summed E-state index contributed by atoms with van der Waals surface area (Å²) in [6.45, 7) is 10.6. The number of carbonyl (C=O) groups excluding carboxylic acids is 1. The topological polar surface area (TPSA) is 78.2 Å². The Morgan fingerprint density at radius 3 is 2.45 bits per heavy atom. The van der Waals surface area contributed by atoms with Crippen molar-refractivity contribution in [3.05, 3.63) is 36.0 Å². The van der Waals surface area contributed by atoms with Gasteiger partial charge in [0.1, 0.15) is 23.9 Å². The van der Waals surface area contributed by atoms with Crippen LogP contribution < -0.4 is 9.47 Å². The number of piperidine rings is 1. The number of hydrogen-bond donors (Lipinski definition) is 0. The van der Waals surface area contributed by atoms with E-state index in [1.54, 1.807) is 19.2 Å². The third kappa shape index (κ3) is 3.71. The number of methoxy groups -OCH3 is 1. The fourth-order valence-electron chi connectivity index (χ4n) is 6.41. The van der Waals surface area contributed by atoms with Crippen LogP contribution in [-0.2, 0) is 4.79 Å². The van der Waals surface area contributed by atoms with Crippen LogP contribution >= 0.6 is 0 Å². The molecule has 0 N–H and O–H groups in total. The number of hydrogen-bond acceptors (Lipinski definition) is 7. The molecule has 7 nitrogen and oxygen atoms in total. The lowest BCUT2D eigenvalue weighted by atomic mass is 9.48. The van der Waals surface area contributed by atoms with Crippen LogP contribution in [0.15, 0.2) is 35.5 Å². The predicted octanol–water partition coefficient (Wildman–Crippen LogP) is 4.19. The summed E-state index contributed by atoms with van der Waals surface area (Å²) in [7, 11) is 1.56. The summed E-state index contributed by atoms with van der Waals surface area (Å²) in [5.41, 5.74) is -0.549. The number of allylic oxidation sites excluding steroid dienone is 1. The van der Waals surface area contributed by atoms with Crippen molar-refractivity contribution in [2.75, 3.05) is 20.2 Å². The lowest BCUT2D eigenvalue weighted by molar-refractivity contribution is -0.314. The van der Waals surface area contributed by atoms with Gasteiger partial charge >= 0.3 is 0 Å². The van der Waals surface area contributed by atoms with Gasteiger partial charge in [0.05, 0.1) is 12.7 Å². The molecule has 33 heavy (non-hydrogen) atoms. The van der Waals surface area contributed by atoms with E-state index in [4.69, 9.17) is 14.5 Å². The van der Waals surface area contributed by atoms with Crippen LogP contribution in [0.2, 0.25) is 0 Å². The van der Waals surface area contributed by atoms with Crippen molar-refractivity contribution < 1.29 is 14.3 Å². The molecular weight excluding hydrogens is 416 g/mol. The Kier molecular flexibility index (Phi) is 6.00. The Balaban J connectivity index is 1.73. The van der Waals surface area contributed by atoms with Crippen LogP contribution in [0, 0.1) is 28.1 Å². The van der Waals surface area contributed by atoms with E-state index in [1.165, 1.54) is 0 Å². The van der Waals surface area contributed by atoms with Crippen molar-refractivity contribution in [1.82, 2.24) is 9.80 Å². The summed E-state index contributed by atoms with van der Waals surface area (Å²) in [5.74, 6) is 1.29. The van der Waals surface area contributed by atoms with Crippen molar-refractivity contribution in [1.29, 1.82) is 5.26 Å². The number of aldehydes is 1. The van der Waals surface area contributed by atoms with Crippen molar-refractivity contribution in [3.63, 3.8) is 0 Å². The van der Waals surface area contributed by atoms with Gasteiger partial charge in [-0.3, -0.25) is 9.89 Å². The van der Waals surface area contributed by atoms with E-state index >= 15 is 0 Å². The zero-order valence-corrected chi connectivity index (χ0v) is 20.2. The number of carbonyl (C=O) groups is 1. The first-order chi connectivity index (χ1) is 15.7. The molecule has 7 heteroatoms. The van der Waals surface area contributed by atoms with E-state index in [9.17, 15) is 10.1 Å². The molecule has 1 saturated carbocycles. The number of ether oxygens (including phenoxy) is 2. The minimum Gasteiger partial charge on any atom is -0.495 e. The molecule has 2 aliphatic heterocycles. The molecule has 0 radical (unpaired) electrons. The van der Waals surface area contributed by atoms with Crippen LogP contribution in [0.4, 0.5) is 0 Å². The third-order valence-corrected chi connectivity index (χ3v) is 7.54. The highest BCUT2D eigenvalue weighted by atomic mass is 16.5. The maximum absolute atomic E-state index is 11.3. The molecule has 0 aromatic heterocycles. The van der Waals surface area contributed by atoms with Crippen LogP contribution in [-0.4, -0.2) is 54.5 Å². The Bertz CT molecular complexity index is 985. The summed E-state index contributed by atoms with van der Waals surface area (Å²) < 4.78 is 12.4. The van der Waals surface area contributed by atoms with Gasteiger partial charge in [0.25, 0.3) is 0 Å². The van der Waals surface area contributed by atoms with Crippen molar-refractivity contribution in [3.8, 4) is 17.6 Å². The molecule has 2 heterocycles. The molecule has 1 atom stereocenters. The van der Waals surface area contributed by atoms with Gasteiger partial charge in [-0.15, -0.1) is 0 Å². The smallest absolute Gasteiger partial charge is 0.195 e. The van der Waals surface area contributed by atoms with E-state index in [1.807, 2.05) is 18.4 Å². The Morgan fingerprint density at radius 2 is 1.88 bits per heavy atom. The molecule has 1 aromatic carbocycles. The average molecular weight is 451 g/mol. The van der Waals surface area contributed by atoms with E-state index in [-0.39, 0.29) is 23.0 Å². The minimum absolute atomic E-state index is 0.130. The predicted molar refractivity (Wildman–Crippen MR) is 127 cm³/mol. The van der Waals surface area contributed by atoms with Crippen molar-refractivity contribution >= 4 is 12.5 Å². The van der Waals surface area contributed by atoms with Gasteiger partial charge in [-0.05, 0) is 37.5 Å². The molecule has 3 aliphatic rings. The van der Waals surface area contributed by atoms with Crippen LogP contribution in [0.1, 0.15) is 52.5 Å². The fraction of sp³-hybridized carbons (Fsp3) is 0.577. The first-order valence-electron chi connectivity index (χ1n) is 11.6. The first kappa shape index (κ1) is 23.3. The van der Waals surface area contributed by atoms with Crippen LogP contribution in [0.5, 0.6) is 11.5 Å². The SMILES string of the molecule is COc1cc(OC2(N3C=CC=NC3N3CCC(C=O)CC3)C(C)(C)CC2(C)C)ccc1C#N. The molecule has 0 spiro atoms. The van der Waals surface area contributed by atoms with E-state index in [2.05, 4.69) is 49.8 Å². The number of benzene rings is 1. The largest absolute Gasteiger partial charge is 0.495 e. The lowest BCUT2D eigenvalue weighted by Crippen LogP contribution is -2.79. The quantitative estimate of drug-likeness (QED) is 0.605. The van der Waals surface area contributed by atoms with Gasteiger partial charge in [-0.25, -0.2) is 0 Å². The van der Waals surface area contributed by atoms with E-state index in [0.29, 0.717) is 17.1 Å². The Hall–Kier alpha value is -2.85. The van der Waals surface area contributed by atoms with Gasteiger partial charge in [0.2, 0.25) is 0 Å². The molecule has 176 valence electrons. The van der Waals surface area contributed by atoms with Gasteiger partial charge < -0.3 is 19.2 Å². The van der Waals surface area contributed by atoms with Crippen molar-refractivity contribution in [2.45, 2.75) is 59.0 Å². The van der Waals surface area contributed by atoms with Crippen LogP contribution in [0.25, 0.3) is 0 Å². The number of likely N-dealkylation sites (tertiary alicyclic amines) is 1. The fourth-order valence-corrected chi connectivity index (χ4v) is 6.41. The highest BCUT2D eigenvalue weighted by Gasteiger charge is 2.71. The summed E-state index contributed by atoms with van der Waals surface area (Å²) >= 11 is 0. The summed E-state index contributed by atoms with van der Waals surface area (Å²) in [6.07, 6.45) is 9.46. The summed E-state index contributed by atoms with van der Waals surface area (Å²) in [6, 6.07) is 7.55. The number of rotatable bonds is 6. The summed E-state index contributed by atoms with van der Waals surface area (Å²) in [5, 5.41) is 9.38. The second kappa shape index (κ2) is 8.49. The molecule has 2 fully saturated rings. The number of nitrogens with zero attached hydrogens (tertiary/aromatic N) is 4. The highest BCUT2D eigenvalue weighted by molar-refractivity contribution is 5.72. The second-order valence-corrected chi connectivity index (χ2v) is 10.6. The maximum Gasteiger partial charge on any atom is 0.195 e. The molecule has 1 unspecified atom stereocenters. The Morgan fingerprint density at radius 1 is 1.18 bits per heavy atom. The zero-order chi connectivity index (χ0) is 23.9. The lowest BCUT2D eigenvalue weighted by Gasteiger charge is -2.70. The maximum atomic E-state index is 11.3.